The molecule has 0 spiro atoms. The number of ether oxygens (including phenoxy) is 1. The van der Waals surface area contributed by atoms with E-state index in [0.29, 0.717) is 26.4 Å². The van der Waals surface area contributed by atoms with E-state index in [1.165, 1.54) is 0 Å². The van der Waals surface area contributed by atoms with Gasteiger partial charge in [-0.25, -0.2) is 8.42 Å². The molecule has 0 radical (unpaired) electrons. The molecular formula is C40H39Cl2N3O3S. The Kier molecular flexibility index (Phi) is 9.37. The molecule has 1 aliphatic heterocycles. The van der Waals surface area contributed by atoms with Crippen molar-refractivity contribution in [2.75, 3.05) is 30.9 Å². The summed E-state index contributed by atoms with van der Waals surface area (Å²) in [6.07, 6.45) is 5.00. The summed E-state index contributed by atoms with van der Waals surface area (Å²) in [4.78, 5) is 4.37. The van der Waals surface area contributed by atoms with E-state index in [-0.39, 0.29) is 6.04 Å². The molecule has 0 unspecified atom stereocenters. The van der Waals surface area contributed by atoms with Crippen molar-refractivity contribution in [1.29, 1.82) is 0 Å². The lowest BCUT2D eigenvalue weighted by molar-refractivity contribution is 0.285. The van der Waals surface area contributed by atoms with Gasteiger partial charge in [-0.05, 0) is 60.9 Å². The Labute approximate surface area is 299 Å². The first-order valence-corrected chi connectivity index (χ1v) is 18.8. The number of nitrogens with zero attached hydrogens (tertiary/aromatic N) is 3. The second-order valence-corrected chi connectivity index (χ2v) is 15.6. The maximum Gasteiger partial charge on any atom is 0.243 e. The van der Waals surface area contributed by atoms with Crippen molar-refractivity contribution in [3.63, 3.8) is 0 Å². The zero-order valence-corrected chi connectivity index (χ0v) is 30.1. The maximum absolute atomic E-state index is 14.4. The van der Waals surface area contributed by atoms with Gasteiger partial charge in [0.2, 0.25) is 10.0 Å². The molecule has 2 aliphatic rings. The number of fused-ring (bicyclic) bond motifs is 2. The molecule has 49 heavy (non-hydrogen) atoms. The standard InChI is InChI=1S/C40H39Cl2N3O3S/c1-43(35-18-10-8-16-33(35)41)28-21-23-30-37(25-28)48-38-26-29(44(2)36-19-11-9-17-34(36)42)22-24-31(38)40(30)32-15-7-12-20-39(32)49(46,47)45(3)27-13-5-4-6-14-27/h7-12,15-27,40H,4-6,13-14H2,1-3H3. The van der Waals surface area contributed by atoms with Crippen molar-refractivity contribution in [3.05, 3.63) is 136 Å². The molecule has 1 saturated carbocycles. The van der Waals surface area contributed by atoms with Crippen LogP contribution in [0.1, 0.15) is 54.7 Å². The Morgan fingerprint density at radius 2 is 1.10 bits per heavy atom. The third kappa shape index (κ3) is 6.30. The summed E-state index contributed by atoms with van der Waals surface area (Å²) < 4.78 is 37.2. The normalized spacial score (nSPS) is 15.0. The van der Waals surface area contributed by atoms with Crippen LogP contribution in [-0.4, -0.2) is 39.9 Å². The van der Waals surface area contributed by atoms with Crippen molar-refractivity contribution >= 4 is 56.0 Å². The topological polar surface area (TPSA) is 53.1 Å². The Bertz CT molecular complexity index is 2020. The molecule has 0 aromatic heterocycles. The van der Waals surface area contributed by atoms with Crippen molar-refractivity contribution in [2.24, 2.45) is 0 Å². The van der Waals surface area contributed by atoms with Gasteiger partial charge in [-0.3, -0.25) is 0 Å². The van der Waals surface area contributed by atoms with E-state index in [2.05, 4.69) is 0 Å². The molecule has 1 heterocycles. The van der Waals surface area contributed by atoms with Crippen LogP contribution in [0.25, 0.3) is 0 Å². The summed E-state index contributed by atoms with van der Waals surface area (Å²) in [5, 5.41) is 1.28. The van der Waals surface area contributed by atoms with E-state index in [1.54, 1.807) is 17.4 Å². The summed E-state index contributed by atoms with van der Waals surface area (Å²) in [6.45, 7) is 0. The molecule has 0 amide bonds. The first-order valence-electron chi connectivity index (χ1n) is 16.6. The second-order valence-electron chi connectivity index (χ2n) is 12.9. The molecule has 1 aliphatic carbocycles. The minimum Gasteiger partial charge on any atom is -0.457 e. The highest BCUT2D eigenvalue weighted by atomic mass is 35.5. The van der Waals surface area contributed by atoms with E-state index in [0.717, 1.165) is 71.5 Å². The first-order chi connectivity index (χ1) is 23.6. The van der Waals surface area contributed by atoms with Crippen molar-refractivity contribution in [3.8, 4) is 11.5 Å². The highest BCUT2D eigenvalue weighted by Gasteiger charge is 2.36. The van der Waals surface area contributed by atoms with Crippen LogP contribution in [0.3, 0.4) is 0 Å². The van der Waals surface area contributed by atoms with E-state index in [9.17, 15) is 8.42 Å². The maximum atomic E-state index is 14.4. The number of halogens is 2. The van der Waals surface area contributed by atoms with Gasteiger partial charge < -0.3 is 14.5 Å². The lowest BCUT2D eigenvalue weighted by Gasteiger charge is -2.34. The summed E-state index contributed by atoms with van der Waals surface area (Å²) in [6, 6.07) is 35.0. The van der Waals surface area contributed by atoms with Crippen molar-refractivity contribution < 1.29 is 13.2 Å². The summed E-state index contributed by atoms with van der Waals surface area (Å²) in [5.41, 5.74) is 5.99. The van der Waals surface area contributed by atoms with Gasteiger partial charge in [0.25, 0.3) is 0 Å². The number of rotatable bonds is 8. The monoisotopic (exact) mass is 711 g/mol. The molecule has 6 nitrogen and oxygen atoms in total. The van der Waals surface area contributed by atoms with Gasteiger partial charge in [0.05, 0.1) is 26.3 Å². The zero-order valence-electron chi connectivity index (χ0n) is 27.8. The average Bonchev–Trinajstić information content (AvgIpc) is 3.13. The van der Waals surface area contributed by atoms with E-state index in [4.69, 9.17) is 27.9 Å². The quantitative estimate of drug-likeness (QED) is 0.157. The van der Waals surface area contributed by atoms with Gasteiger partial charge in [0.15, 0.2) is 0 Å². The third-order valence-electron chi connectivity index (χ3n) is 10.0. The molecular weight excluding hydrogens is 673 g/mol. The molecule has 5 aromatic carbocycles. The largest absolute Gasteiger partial charge is 0.457 e. The van der Waals surface area contributed by atoms with Gasteiger partial charge >= 0.3 is 0 Å². The Balaban J connectivity index is 1.37. The smallest absolute Gasteiger partial charge is 0.243 e. The minimum absolute atomic E-state index is 0.00752. The third-order valence-corrected chi connectivity index (χ3v) is 12.6. The molecule has 0 saturated heterocycles. The predicted octanol–water partition coefficient (Wildman–Crippen LogP) is 10.8. The van der Waals surface area contributed by atoms with E-state index < -0.39 is 15.9 Å². The van der Waals surface area contributed by atoms with Crippen LogP contribution >= 0.6 is 23.2 Å². The highest BCUT2D eigenvalue weighted by molar-refractivity contribution is 7.89. The molecule has 5 aromatic rings. The summed E-state index contributed by atoms with van der Waals surface area (Å²) >= 11 is 13.2. The predicted molar refractivity (Wildman–Crippen MR) is 201 cm³/mol. The average molecular weight is 713 g/mol. The Morgan fingerprint density at radius 1 is 0.612 bits per heavy atom. The van der Waals surface area contributed by atoms with Crippen LogP contribution in [-0.2, 0) is 10.0 Å². The number of hydrogen-bond donors (Lipinski definition) is 0. The van der Waals surface area contributed by atoms with Crippen LogP contribution < -0.4 is 14.5 Å². The van der Waals surface area contributed by atoms with Crippen LogP contribution in [0.15, 0.2) is 114 Å². The number of benzene rings is 5. The van der Waals surface area contributed by atoms with Crippen LogP contribution in [0.2, 0.25) is 10.0 Å². The Morgan fingerprint density at radius 3 is 1.63 bits per heavy atom. The summed E-state index contributed by atoms with van der Waals surface area (Å²) in [7, 11) is 1.87. The minimum atomic E-state index is -3.80. The second kappa shape index (κ2) is 13.7. The fraction of sp³-hybridized carbons (Fsp3) is 0.250. The molecule has 0 bridgehead atoms. The van der Waals surface area contributed by atoms with Gasteiger partial charge in [-0.15, -0.1) is 0 Å². The number of hydrogen-bond acceptors (Lipinski definition) is 5. The molecule has 1 fully saturated rings. The molecule has 9 heteroatoms. The molecule has 0 N–H and O–H groups in total. The first kappa shape index (κ1) is 33.5. The van der Waals surface area contributed by atoms with Crippen LogP contribution in [0.5, 0.6) is 11.5 Å². The van der Waals surface area contributed by atoms with Gasteiger partial charge in [0.1, 0.15) is 11.5 Å². The fourth-order valence-corrected chi connectivity index (χ4v) is 9.39. The number of para-hydroxylation sites is 2. The van der Waals surface area contributed by atoms with E-state index in [1.807, 2.05) is 127 Å². The van der Waals surface area contributed by atoms with Gasteiger partial charge in [-0.2, -0.15) is 4.31 Å². The van der Waals surface area contributed by atoms with Gasteiger partial charge in [0, 0.05) is 67.7 Å². The number of anilines is 4. The van der Waals surface area contributed by atoms with Crippen molar-refractivity contribution in [1.82, 2.24) is 4.31 Å². The number of sulfonamides is 1. The van der Waals surface area contributed by atoms with E-state index >= 15 is 0 Å². The van der Waals surface area contributed by atoms with Gasteiger partial charge in [-0.1, -0.05) is 97.1 Å². The zero-order chi connectivity index (χ0) is 34.3. The highest BCUT2D eigenvalue weighted by Crippen LogP contribution is 2.51. The SMILES string of the molecule is CN(c1ccc2c(c1)Oc1cc(N(C)c3ccccc3Cl)ccc1C2c1ccccc1S(=O)(=O)N(C)C1CCCCC1)c1ccccc1Cl. The van der Waals surface area contributed by atoms with Crippen LogP contribution in [0.4, 0.5) is 22.7 Å². The Hall–Kier alpha value is -4.01. The van der Waals surface area contributed by atoms with Crippen molar-refractivity contribution in [2.45, 2.75) is 49.0 Å². The van der Waals surface area contributed by atoms with Crippen LogP contribution in [0, 0.1) is 0 Å². The molecule has 0 atom stereocenters. The lowest BCUT2D eigenvalue weighted by Crippen LogP contribution is -2.38. The molecule has 7 rings (SSSR count). The fourth-order valence-electron chi connectivity index (χ4n) is 7.21. The summed E-state index contributed by atoms with van der Waals surface area (Å²) in [5.74, 6) is 0.905. The molecule has 252 valence electrons. The lowest BCUT2D eigenvalue weighted by atomic mass is 9.82.